The molecule has 18 heavy (non-hydrogen) atoms. The highest BCUT2D eigenvalue weighted by atomic mass is 127. The first-order valence-electron chi connectivity index (χ1n) is 4.92. The van der Waals surface area contributed by atoms with Crippen molar-refractivity contribution >= 4 is 45.3 Å². The molecular formula is C11H8F2IN3S. The molecular weight excluding hydrogens is 371 g/mol. The van der Waals surface area contributed by atoms with Crippen molar-refractivity contribution in [2.24, 2.45) is 5.10 Å². The van der Waals surface area contributed by atoms with Crippen LogP contribution >= 0.6 is 33.9 Å². The van der Waals surface area contributed by atoms with Crippen LogP contribution in [0.4, 0.5) is 13.9 Å². The molecule has 3 nitrogen and oxygen atoms in total. The second-order valence-electron chi connectivity index (χ2n) is 3.42. The lowest BCUT2D eigenvalue weighted by Crippen LogP contribution is -1.98. The lowest BCUT2D eigenvalue weighted by Gasteiger charge is -2.01. The number of aryl methyl sites for hydroxylation is 1. The average molecular weight is 379 g/mol. The third-order valence-electron chi connectivity index (χ3n) is 2.05. The fraction of sp³-hybridized carbons (Fsp3) is 0.0909. The molecule has 0 spiro atoms. The molecule has 0 saturated heterocycles. The number of hydrazone groups is 1. The molecule has 0 unspecified atom stereocenters. The number of nitrogens with zero attached hydrogens (tertiary/aromatic N) is 2. The van der Waals surface area contributed by atoms with Crippen LogP contribution in [0, 0.1) is 22.1 Å². The summed E-state index contributed by atoms with van der Waals surface area (Å²) in [5.41, 5.74) is 3.67. The van der Waals surface area contributed by atoms with Crippen LogP contribution < -0.4 is 5.43 Å². The molecule has 94 valence electrons. The zero-order valence-corrected chi connectivity index (χ0v) is 12.2. The molecule has 2 aromatic rings. The van der Waals surface area contributed by atoms with Gasteiger partial charge in [0.2, 0.25) is 5.13 Å². The highest BCUT2D eigenvalue weighted by molar-refractivity contribution is 14.1. The van der Waals surface area contributed by atoms with Gasteiger partial charge in [-0.25, -0.2) is 13.8 Å². The minimum atomic E-state index is -0.900. The Morgan fingerprint density at radius 3 is 2.89 bits per heavy atom. The number of benzene rings is 1. The van der Waals surface area contributed by atoms with Crippen LogP contribution in [-0.4, -0.2) is 11.2 Å². The van der Waals surface area contributed by atoms with Gasteiger partial charge in [0.05, 0.1) is 11.9 Å². The summed E-state index contributed by atoms with van der Waals surface area (Å²) in [4.78, 5) is 4.13. The van der Waals surface area contributed by atoms with Gasteiger partial charge < -0.3 is 0 Å². The molecule has 0 aliphatic rings. The van der Waals surface area contributed by atoms with Crippen LogP contribution in [-0.2, 0) is 0 Å². The first kappa shape index (κ1) is 13.3. The second kappa shape index (κ2) is 5.70. The number of thiazole rings is 1. The number of hydrogen-bond donors (Lipinski definition) is 1. The van der Waals surface area contributed by atoms with E-state index in [4.69, 9.17) is 0 Å². The predicted octanol–water partition coefficient (Wildman–Crippen LogP) is 3.78. The Labute approximate surface area is 120 Å². The maximum absolute atomic E-state index is 13.5. The van der Waals surface area contributed by atoms with Gasteiger partial charge in [-0.15, -0.1) is 11.3 Å². The topological polar surface area (TPSA) is 37.3 Å². The number of hydrogen-bond acceptors (Lipinski definition) is 4. The summed E-state index contributed by atoms with van der Waals surface area (Å²) in [6.07, 6.45) is 1.25. The van der Waals surface area contributed by atoms with Gasteiger partial charge in [-0.1, -0.05) is 0 Å². The van der Waals surface area contributed by atoms with E-state index in [-0.39, 0.29) is 5.56 Å². The van der Waals surface area contributed by atoms with E-state index in [1.807, 2.05) is 34.9 Å². The summed E-state index contributed by atoms with van der Waals surface area (Å²) >= 11 is 3.31. The molecule has 0 atom stereocenters. The Hall–Kier alpha value is -1.09. The van der Waals surface area contributed by atoms with Gasteiger partial charge in [0.25, 0.3) is 0 Å². The van der Waals surface area contributed by atoms with Gasteiger partial charge in [-0.05, 0) is 41.6 Å². The summed E-state index contributed by atoms with van der Waals surface area (Å²) in [6, 6.07) is 2.58. The summed E-state index contributed by atoms with van der Waals surface area (Å²) in [6.45, 7) is 1.86. The third-order valence-corrected chi connectivity index (χ3v) is 3.86. The SMILES string of the molecule is Cc1csc(NN=Cc2c(I)ccc(F)c2F)n1. The van der Waals surface area contributed by atoms with E-state index in [0.717, 1.165) is 11.8 Å². The van der Waals surface area contributed by atoms with Crippen LogP contribution in [0.2, 0.25) is 0 Å². The monoisotopic (exact) mass is 379 g/mol. The van der Waals surface area contributed by atoms with E-state index < -0.39 is 11.6 Å². The average Bonchev–Trinajstić information content (AvgIpc) is 2.74. The van der Waals surface area contributed by atoms with Gasteiger partial charge in [0.15, 0.2) is 11.6 Å². The molecule has 1 N–H and O–H groups in total. The van der Waals surface area contributed by atoms with Crippen LogP contribution in [0.25, 0.3) is 0 Å². The smallest absolute Gasteiger partial charge is 0.203 e. The van der Waals surface area contributed by atoms with E-state index in [9.17, 15) is 8.78 Å². The maximum Gasteiger partial charge on any atom is 0.203 e. The van der Waals surface area contributed by atoms with Crippen molar-refractivity contribution < 1.29 is 8.78 Å². The Bertz CT molecular complexity index is 598. The second-order valence-corrected chi connectivity index (χ2v) is 5.44. The van der Waals surface area contributed by atoms with Crippen molar-refractivity contribution in [3.63, 3.8) is 0 Å². The van der Waals surface area contributed by atoms with Crippen LogP contribution in [0.15, 0.2) is 22.6 Å². The number of anilines is 1. The Balaban J connectivity index is 2.16. The molecule has 7 heteroatoms. The minimum Gasteiger partial charge on any atom is -0.253 e. The van der Waals surface area contributed by atoms with Crippen molar-refractivity contribution in [2.45, 2.75) is 6.92 Å². The first-order valence-corrected chi connectivity index (χ1v) is 6.88. The Morgan fingerprint density at radius 1 is 1.44 bits per heavy atom. The highest BCUT2D eigenvalue weighted by Crippen LogP contribution is 2.18. The van der Waals surface area contributed by atoms with Crippen molar-refractivity contribution in [3.8, 4) is 0 Å². The van der Waals surface area contributed by atoms with Crippen LogP contribution in [0.5, 0.6) is 0 Å². The van der Waals surface area contributed by atoms with E-state index in [0.29, 0.717) is 8.70 Å². The molecule has 0 saturated carbocycles. The van der Waals surface area contributed by atoms with Crippen molar-refractivity contribution in [1.82, 2.24) is 4.98 Å². The zero-order chi connectivity index (χ0) is 13.1. The fourth-order valence-corrected chi connectivity index (χ4v) is 2.41. The number of rotatable bonds is 3. The van der Waals surface area contributed by atoms with E-state index in [2.05, 4.69) is 15.5 Å². The quantitative estimate of drug-likeness (QED) is 0.382. The van der Waals surface area contributed by atoms with Gasteiger partial charge >= 0.3 is 0 Å². The third kappa shape index (κ3) is 3.02. The normalized spacial score (nSPS) is 11.1. The number of nitrogens with one attached hydrogen (secondary N) is 1. The molecule has 1 heterocycles. The first-order chi connectivity index (χ1) is 8.58. The largest absolute Gasteiger partial charge is 0.253 e. The van der Waals surface area contributed by atoms with Gasteiger partial charge in [-0.3, -0.25) is 5.43 Å². The summed E-state index contributed by atoms with van der Waals surface area (Å²) < 4.78 is 27.1. The Kier molecular flexibility index (Phi) is 4.23. The van der Waals surface area contributed by atoms with Gasteiger partial charge in [-0.2, -0.15) is 5.10 Å². The maximum atomic E-state index is 13.5. The molecule has 0 bridgehead atoms. The lowest BCUT2D eigenvalue weighted by molar-refractivity contribution is 0.506. The highest BCUT2D eigenvalue weighted by Gasteiger charge is 2.09. The minimum absolute atomic E-state index is 0.122. The van der Waals surface area contributed by atoms with E-state index >= 15 is 0 Å². The molecule has 1 aromatic carbocycles. The molecule has 0 amide bonds. The number of halogens is 3. The van der Waals surface area contributed by atoms with Crippen LogP contribution in [0.3, 0.4) is 0 Å². The van der Waals surface area contributed by atoms with E-state index in [1.54, 1.807) is 0 Å². The summed E-state index contributed by atoms with van der Waals surface area (Å²) in [5, 5.41) is 6.32. The zero-order valence-electron chi connectivity index (χ0n) is 9.25. The molecule has 0 aliphatic heterocycles. The molecule has 1 aromatic heterocycles. The molecule has 0 aliphatic carbocycles. The van der Waals surface area contributed by atoms with Gasteiger partial charge in [0.1, 0.15) is 0 Å². The summed E-state index contributed by atoms with van der Waals surface area (Å²) in [7, 11) is 0. The Morgan fingerprint density at radius 2 is 2.22 bits per heavy atom. The van der Waals surface area contributed by atoms with Crippen molar-refractivity contribution in [1.29, 1.82) is 0 Å². The van der Waals surface area contributed by atoms with Crippen molar-refractivity contribution in [2.75, 3.05) is 5.43 Å². The molecule has 0 fully saturated rings. The number of aromatic nitrogens is 1. The molecule has 0 radical (unpaired) electrons. The van der Waals surface area contributed by atoms with Crippen molar-refractivity contribution in [3.05, 3.63) is 44.0 Å². The van der Waals surface area contributed by atoms with Gasteiger partial charge in [0, 0.05) is 14.5 Å². The van der Waals surface area contributed by atoms with Crippen LogP contribution in [0.1, 0.15) is 11.3 Å². The lowest BCUT2D eigenvalue weighted by atomic mass is 10.2. The predicted molar refractivity (Wildman–Crippen MR) is 77.1 cm³/mol. The van der Waals surface area contributed by atoms with E-state index in [1.165, 1.54) is 23.6 Å². The molecule has 2 rings (SSSR count). The standard InChI is InChI=1S/C11H8F2IN3S/c1-6-5-18-11(16-6)17-15-4-7-9(14)3-2-8(12)10(7)13/h2-5H,1H3,(H,16,17). The fourth-order valence-electron chi connectivity index (χ4n) is 1.22. The summed E-state index contributed by atoms with van der Waals surface area (Å²) in [5.74, 6) is -1.79.